The number of anilines is 2. The van der Waals surface area contributed by atoms with E-state index in [1.54, 1.807) is 4.52 Å². The van der Waals surface area contributed by atoms with Crippen molar-refractivity contribution in [3.8, 4) is 0 Å². The molecule has 8 heteroatoms. The lowest BCUT2D eigenvalue weighted by Gasteiger charge is -2.29. The maximum atomic E-state index is 14.0. The SMILES string of the molecule is NC1CCN(Cc2ccn3ncnc(Nc4cc(F)ccc4F)c23)CC1. The second-order valence-corrected chi connectivity index (χ2v) is 6.61. The van der Waals surface area contributed by atoms with Crippen LogP contribution in [0.15, 0.2) is 36.8 Å². The molecule has 3 heterocycles. The first-order valence-electron chi connectivity index (χ1n) is 8.61. The summed E-state index contributed by atoms with van der Waals surface area (Å²) in [5, 5.41) is 7.11. The summed E-state index contributed by atoms with van der Waals surface area (Å²) in [7, 11) is 0. The number of nitrogens with zero attached hydrogens (tertiary/aromatic N) is 4. The van der Waals surface area contributed by atoms with Gasteiger partial charge in [0.2, 0.25) is 0 Å². The van der Waals surface area contributed by atoms with Crippen LogP contribution in [0.25, 0.3) is 5.52 Å². The van der Waals surface area contributed by atoms with Gasteiger partial charge in [0.25, 0.3) is 0 Å². The summed E-state index contributed by atoms with van der Waals surface area (Å²) in [6.45, 7) is 2.61. The van der Waals surface area contributed by atoms with Gasteiger partial charge in [0, 0.05) is 24.8 Å². The van der Waals surface area contributed by atoms with Crippen molar-refractivity contribution in [3.05, 3.63) is 54.0 Å². The summed E-state index contributed by atoms with van der Waals surface area (Å²) in [6, 6.07) is 5.54. The Morgan fingerprint density at radius 2 is 2.00 bits per heavy atom. The van der Waals surface area contributed by atoms with Crippen molar-refractivity contribution in [2.45, 2.75) is 25.4 Å². The fourth-order valence-corrected chi connectivity index (χ4v) is 3.31. The summed E-state index contributed by atoms with van der Waals surface area (Å²) in [6.07, 6.45) is 5.18. The van der Waals surface area contributed by atoms with E-state index in [0.29, 0.717) is 5.82 Å². The Morgan fingerprint density at radius 1 is 1.19 bits per heavy atom. The van der Waals surface area contributed by atoms with Crippen molar-refractivity contribution in [1.29, 1.82) is 0 Å². The van der Waals surface area contributed by atoms with E-state index >= 15 is 0 Å². The van der Waals surface area contributed by atoms with Gasteiger partial charge < -0.3 is 11.1 Å². The van der Waals surface area contributed by atoms with Gasteiger partial charge in [-0.2, -0.15) is 5.10 Å². The van der Waals surface area contributed by atoms with E-state index in [0.717, 1.165) is 61.8 Å². The molecule has 26 heavy (non-hydrogen) atoms. The lowest BCUT2D eigenvalue weighted by atomic mass is 10.1. The van der Waals surface area contributed by atoms with Crippen LogP contribution in [0.2, 0.25) is 0 Å². The number of piperidine rings is 1. The highest BCUT2D eigenvalue weighted by Gasteiger charge is 2.19. The molecule has 0 spiro atoms. The molecule has 2 aromatic heterocycles. The first kappa shape index (κ1) is 16.9. The van der Waals surface area contributed by atoms with Crippen LogP contribution in [0.4, 0.5) is 20.3 Å². The van der Waals surface area contributed by atoms with Gasteiger partial charge in [-0.25, -0.2) is 18.3 Å². The fraction of sp³-hybridized carbons (Fsp3) is 0.333. The Labute approximate surface area is 149 Å². The highest BCUT2D eigenvalue weighted by molar-refractivity contribution is 5.76. The highest BCUT2D eigenvalue weighted by atomic mass is 19.1. The number of nitrogens with one attached hydrogen (secondary N) is 1. The molecule has 1 saturated heterocycles. The molecule has 1 fully saturated rings. The van der Waals surface area contributed by atoms with Crippen molar-refractivity contribution in [2.75, 3.05) is 18.4 Å². The Bertz CT molecular complexity index is 917. The van der Waals surface area contributed by atoms with E-state index in [1.807, 2.05) is 12.3 Å². The maximum Gasteiger partial charge on any atom is 0.158 e. The minimum Gasteiger partial charge on any atom is -0.336 e. The Hall–Kier alpha value is -2.58. The highest BCUT2D eigenvalue weighted by Crippen LogP contribution is 2.26. The standard InChI is InChI=1S/C18H20F2N6/c19-13-1-2-15(20)16(9-13)24-18-17-12(3-8-26(17)23-11-22-18)10-25-6-4-14(21)5-7-25/h1-3,8-9,11,14H,4-7,10,21H2,(H,22,23,24). The topological polar surface area (TPSA) is 71.5 Å². The second kappa shape index (κ2) is 6.97. The summed E-state index contributed by atoms with van der Waals surface area (Å²) in [5.41, 5.74) is 7.80. The molecule has 0 radical (unpaired) electrons. The van der Waals surface area contributed by atoms with Crippen molar-refractivity contribution >= 4 is 17.0 Å². The predicted molar refractivity (Wildman–Crippen MR) is 95.1 cm³/mol. The number of hydrogen-bond donors (Lipinski definition) is 2. The molecule has 136 valence electrons. The van der Waals surface area contributed by atoms with Crippen molar-refractivity contribution in [3.63, 3.8) is 0 Å². The molecule has 0 unspecified atom stereocenters. The first-order chi connectivity index (χ1) is 12.6. The van der Waals surface area contributed by atoms with Gasteiger partial charge in [0.05, 0.1) is 5.69 Å². The van der Waals surface area contributed by atoms with Gasteiger partial charge in [-0.15, -0.1) is 0 Å². The third-order valence-electron chi connectivity index (χ3n) is 4.75. The van der Waals surface area contributed by atoms with Crippen molar-refractivity contribution in [1.82, 2.24) is 19.5 Å². The van der Waals surface area contributed by atoms with Gasteiger partial charge >= 0.3 is 0 Å². The third-order valence-corrected chi connectivity index (χ3v) is 4.75. The third kappa shape index (κ3) is 3.38. The zero-order chi connectivity index (χ0) is 18.1. The molecule has 3 aromatic rings. The molecule has 0 saturated carbocycles. The van der Waals surface area contributed by atoms with Crippen LogP contribution in [0, 0.1) is 11.6 Å². The minimum absolute atomic E-state index is 0.0432. The zero-order valence-electron chi connectivity index (χ0n) is 14.2. The van der Waals surface area contributed by atoms with E-state index < -0.39 is 11.6 Å². The quantitative estimate of drug-likeness (QED) is 0.750. The Morgan fingerprint density at radius 3 is 2.81 bits per heavy atom. The normalized spacial score (nSPS) is 16.3. The molecule has 0 atom stereocenters. The van der Waals surface area contributed by atoms with Gasteiger partial charge in [-0.05, 0) is 49.7 Å². The number of benzene rings is 1. The number of nitrogens with two attached hydrogens (primary N) is 1. The van der Waals surface area contributed by atoms with E-state index in [1.165, 1.54) is 6.33 Å². The van der Waals surface area contributed by atoms with Crippen molar-refractivity contribution in [2.24, 2.45) is 5.73 Å². The number of rotatable bonds is 4. The van der Waals surface area contributed by atoms with E-state index in [2.05, 4.69) is 20.3 Å². The fourth-order valence-electron chi connectivity index (χ4n) is 3.31. The number of fused-ring (bicyclic) bond motifs is 1. The molecule has 3 N–H and O–H groups in total. The maximum absolute atomic E-state index is 14.0. The van der Waals surface area contributed by atoms with E-state index in [9.17, 15) is 8.78 Å². The monoisotopic (exact) mass is 358 g/mol. The van der Waals surface area contributed by atoms with Crippen LogP contribution in [0.1, 0.15) is 18.4 Å². The number of aromatic nitrogens is 3. The summed E-state index contributed by atoms with van der Waals surface area (Å²) in [5.74, 6) is -0.612. The average molecular weight is 358 g/mol. The van der Waals surface area contributed by atoms with Crippen LogP contribution in [0.5, 0.6) is 0 Å². The Kier molecular flexibility index (Phi) is 4.52. The average Bonchev–Trinajstić information content (AvgIpc) is 3.04. The van der Waals surface area contributed by atoms with E-state index in [4.69, 9.17) is 5.73 Å². The van der Waals surface area contributed by atoms with E-state index in [-0.39, 0.29) is 11.7 Å². The zero-order valence-corrected chi connectivity index (χ0v) is 14.2. The lowest BCUT2D eigenvalue weighted by Crippen LogP contribution is -2.39. The van der Waals surface area contributed by atoms with Crippen LogP contribution < -0.4 is 11.1 Å². The molecular formula is C18H20F2N6. The second-order valence-electron chi connectivity index (χ2n) is 6.61. The molecule has 1 aliphatic heterocycles. The van der Waals surface area contributed by atoms with Gasteiger partial charge in [-0.1, -0.05) is 0 Å². The van der Waals surface area contributed by atoms with Crippen LogP contribution in [-0.2, 0) is 6.54 Å². The smallest absolute Gasteiger partial charge is 0.158 e. The van der Waals surface area contributed by atoms with Crippen LogP contribution in [0.3, 0.4) is 0 Å². The molecule has 4 rings (SSSR count). The molecule has 0 amide bonds. The summed E-state index contributed by atoms with van der Waals surface area (Å²) >= 11 is 0. The first-order valence-corrected chi connectivity index (χ1v) is 8.61. The number of likely N-dealkylation sites (tertiary alicyclic amines) is 1. The summed E-state index contributed by atoms with van der Waals surface area (Å²) < 4.78 is 29.1. The molecule has 0 bridgehead atoms. The minimum atomic E-state index is -0.540. The molecule has 0 aliphatic carbocycles. The largest absolute Gasteiger partial charge is 0.336 e. The summed E-state index contributed by atoms with van der Waals surface area (Å²) in [4.78, 5) is 6.57. The van der Waals surface area contributed by atoms with Gasteiger partial charge in [0.15, 0.2) is 5.82 Å². The van der Waals surface area contributed by atoms with Gasteiger partial charge in [0.1, 0.15) is 23.5 Å². The number of halogens is 2. The lowest BCUT2D eigenvalue weighted by molar-refractivity contribution is 0.206. The predicted octanol–water partition coefficient (Wildman–Crippen LogP) is 2.67. The molecule has 1 aromatic carbocycles. The molecule has 1 aliphatic rings. The Balaban J connectivity index is 1.65. The molecular weight excluding hydrogens is 338 g/mol. The number of hydrogen-bond acceptors (Lipinski definition) is 5. The van der Waals surface area contributed by atoms with Crippen LogP contribution in [-0.4, -0.2) is 38.6 Å². The van der Waals surface area contributed by atoms with Gasteiger partial charge in [-0.3, -0.25) is 4.90 Å². The molecule has 6 nitrogen and oxygen atoms in total. The van der Waals surface area contributed by atoms with Crippen LogP contribution >= 0.6 is 0 Å². The van der Waals surface area contributed by atoms with Crippen molar-refractivity contribution < 1.29 is 8.78 Å².